The van der Waals surface area contributed by atoms with Gasteiger partial charge < -0.3 is 4.74 Å². The van der Waals surface area contributed by atoms with Gasteiger partial charge in [0.05, 0.1) is 6.61 Å². The molecule has 0 aliphatic heterocycles. The van der Waals surface area contributed by atoms with Gasteiger partial charge in [0, 0.05) is 18.8 Å². The molecule has 1 heterocycles. The molecule has 2 rings (SSSR count). The van der Waals surface area contributed by atoms with E-state index in [2.05, 4.69) is 22.1 Å². The number of ether oxygens (including phenoxy) is 1. The van der Waals surface area contributed by atoms with Crippen molar-refractivity contribution < 1.29 is 4.74 Å². The van der Waals surface area contributed by atoms with Crippen molar-refractivity contribution in [2.75, 3.05) is 6.61 Å². The maximum Gasteiger partial charge on any atom is 0.128 e. The number of hydrogen-bond donors (Lipinski definition) is 0. The molecule has 3 heteroatoms. The van der Waals surface area contributed by atoms with Crippen molar-refractivity contribution in [1.29, 1.82) is 0 Å². The molecule has 1 aromatic heterocycles. The van der Waals surface area contributed by atoms with Crippen molar-refractivity contribution >= 4 is 0 Å². The van der Waals surface area contributed by atoms with Crippen LogP contribution in [0.5, 0.6) is 5.75 Å². The molecule has 94 valence electrons. The van der Waals surface area contributed by atoms with Gasteiger partial charge in [0.25, 0.3) is 0 Å². The topological polar surface area (TPSA) is 35.0 Å². The van der Waals surface area contributed by atoms with Crippen LogP contribution in [0.2, 0.25) is 0 Å². The van der Waals surface area contributed by atoms with Gasteiger partial charge in [-0.1, -0.05) is 18.2 Å². The number of hydrogen-bond acceptors (Lipinski definition) is 3. The molecule has 1 aromatic carbocycles. The first kappa shape index (κ1) is 12.6. The first-order valence-corrected chi connectivity index (χ1v) is 6.36. The average molecular weight is 242 g/mol. The van der Waals surface area contributed by atoms with Crippen LogP contribution < -0.4 is 4.74 Å². The molecule has 0 atom stereocenters. The van der Waals surface area contributed by atoms with Gasteiger partial charge in [0.15, 0.2) is 0 Å². The number of para-hydroxylation sites is 1. The first-order valence-electron chi connectivity index (χ1n) is 6.36. The Morgan fingerprint density at radius 3 is 2.56 bits per heavy atom. The minimum absolute atomic E-state index is 0.707. The molecule has 0 amide bonds. The summed E-state index contributed by atoms with van der Waals surface area (Å²) in [4.78, 5) is 8.45. The molecular formula is C15H18N2O. The standard InChI is InChI=1S/C15H18N2O/c1-2-18-14-9-4-3-7-13(14)8-5-10-15-16-11-6-12-17-15/h3-4,6-7,9,11-12H,2,5,8,10H2,1H3. The van der Waals surface area contributed by atoms with Crippen molar-refractivity contribution in [2.24, 2.45) is 0 Å². The van der Waals surface area contributed by atoms with Crippen LogP contribution in [0.25, 0.3) is 0 Å². The Morgan fingerprint density at radius 1 is 1.00 bits per heavy atom. The highest BCUT2D eigenvalue weighted by Crippen LogP contribution is 2.19. The highest BCUT2D eigenvalue weighted by Gasteiger charge is 2.03. The summed E-state index contributed by atoms with van der Waals surface area (Å²) in [6, 6.07) is 10.0. The lowest BCUT2D eigenvalue weighted by Crippen LogP contribution is -1.99. The zero-order valence-corrected chi connectivity index (χ0v) is 10.7. The highest BCUT2D eigenvalue weighted by molar-refractivity contribution is 5.33. The minimum Gasteiger partial charge on any atom is -0.494 e. The number of aromatic nitrogens is 2. The van der Waals surface area contributed by atoms with Gasteiger partial charge >= 0.3 is 0 Å². The maximum absolute atomic E-state index is 5.61. The van der Waals surface area contributed by atoms with Crippen LogP contribution in [0.4, 0.5) is 0 Å². The molecule has 0 fully saturated rings. The van der Waals surface area contributed by atoms with Gasteiger partial charge in [-0.25, -0.2) is 9.97 Å². The molecule has 0 N–H and O–H groups in total. The largest absolute Gasteiger partial charge is 0.494 e. The SMILES string of the molecule is CCOc1ccccc1CCCc1ncccn1. The van der Waals surface area contributed by atoms with Crippen molar-refractivity contribution in [3.63, 3.8) is 0 Å². The predicted octanol–water partition coefficient (Wildman–Crippen LogP) is 3.05. The van der Waals surface area contributed by atoms with E-state index < -0.39 is 0 Å². The molecule has 0 radical (unpaired) electrons. The molecule has 3 nitrogen and oxygen atoms in total. The average Bonchev–Trinajstić information content (AvgIpc) is 2.42. The number of rotatable bonds is 6. The van der Waals surface area contributed by atoms with E-state index in [1.54, 1.807) is 12.4 Å². The summed E-state index contributed by atoms with van der Waals surface area (Å²) in [6.45, 7) is 2.72. The Hall–Kier alpha value is -1.90. The lowest BCUT2D eigenvalue weighted by atomic mass is 10.1. The minimum atomic E-state index is 0.707. The second-order valence-electron chi connectivity index (χ2n) is 4.06. The van der Waals surface area contributed by atoms with Crippen LogP contribution in [0.3, 0.4) is 0 Å². The normalized spacial score (nSPS) is 10.3. The summed E-state index contributed by atoms with van der Waals surface area (Å²) in [7, 11) is 0. The van der Waals surface area contributed by atoms with Gasteiger partial charge in [0.1, 0.15) is 11.6 Å². The summed E-state index contributed by atoms with van der Waals surface area (Å²) in [5.41, 5.74) is 1.26. The number of nitrogens with zero attached hydrogens (tertiary/aromatic N) is 2. The molecule has 0 aliphatic carbocycles. The highest BCUT2D eigenvalue weighted by atomic mass is 16.5. The van der Waals surface area contributed by atoms with Gasteiger partial charge in [0.2, 0.25) is 0 Å². The monoisotopic (exact) mass is 242 g/mol. The molecule has 0 unspecified atom stereocenters. The lowest BCUT2D eigenvalue weighted by Gasteiger charge is -2.09. The van der Waals surface area contributed by atoms with Gasteiger partial charge in [-0.05, 0) is 37.5 Å². The second kappa shape index (κ2) is 6.74. The third kappa shape index (κ3) is 3.55. The van der Waals surface area contributed by atoms with E-state index >= 15 is 0 Å². The van der Waals surface area contributed by atoms with Crippen molar-refractivity contribution in [1.82, 2.24) is 9.97 Å². The summed E-state index contributed by atoms with van der Waals surface area (Å²) in [6.07, 6.45) is 6.51. The molecule has 0 bridgehead atoms. The van der Waals surface area contributed by atoms with E-state index in [0.717, 1.165) is 30.8 Å². The Bertz CT molecular complexity index is 471. The molecular weight excluding hydrogens is 224 g/mol. The van der Waals surface area contributed by atoms with Crippen LogP contribution in [0.15, 0.2) is 42.7 Å². The zero-order valence-electron chi connectivity index (χ0n) is 10.7. The smallest absolute Gasteiger partial charge is 0.128 e. The van der Waals surface area contributed by atoms with Crippen LogP contribution in [0.1, 0.15) is 24.7 Å². The van der Waals surface area contributed by atoms with E-state index in [1.165, 1.54) is 5.56 Å². The van der Waals surface area contributed by atoms with E-state index in [0.29, 0.717) is 6.61 Å². The van der Waals surface area contributed by atoms with Crippen LogP contribution in [-0.2, 0) is 12.8 Å². The number of benzene rings is 1. The fourth-order valence-electron chi connectivity index (χ4n) is 1.90. The van der Waals surface area contributed by atoms with Crippen molar-refractivity contribution in [2.45, 2.75) is 26.2 Å². The van der Waals surface area contributed by atoms with E-state index in [9.17, 15) is 0 Å². The Balaban J connectivity index is 1.90. The summed E-state index contributed by atoms with van der Waals surface area (Å²) in [5.74, 6) is 1.90. The second-order valence-corrected chi connectivity index (χ2v) is 4.06. The van der Waals surface area contributed by atoms with Crippen LogP contribution >= 0.6 is 0 Å². The third-order valence-corrected chi connectivity index (χ3v) is 2.74. The van der Waals surface area contributed by atoms with Crippen LogP contribution in [0, 0.1) is 0 Å². The predicted molar refractivity (Wildman–Crippen MR) is 71.7 cm³/mol. The Labute approximate surface area is 108 Å². The van der Waals surface area contributed by atoms with Gasteiger partial charge in [-0.3, -0.25) is 0 Å². The van der Waals surface area contributed by atoms with Crippen LogP contribution in [-0.4, -0.2) is 16.6 Å². The van der Waals surface area contributed by atoms with E-state index in [1.807, 2.05) is 25.1 Å². The van der Waals surface area contributed by atoms with Gasteiger partial charge in [-0.2, -0.15) is 0 Å². The first-order chi connectivity index (χ1) is 8.90. The fraction of sp³-hybridized carbons (Fsp3) is 0.333. The zero-order chi connectivity index (χ0) is 12.6. The van der Waals surface area contributed by atoms with Gasteiger partial charge in [-0.15, -0.1) is 0 Å². The van der Waals surface area contributed by atoms with E-state index in [-0.39, 0.29) is 0 Å². The van der Waals surface area contributed by atoms with Crippen molar-refractivity contribution in [3.8, 4) is 5.75 Å². The molecule has 18 heavy (non-hydrogen) atoms. The summed E-state index contributed by atoms with van der Waals surface area (Å²) >= 11 is 0. The fourth-order valence-corrected chi connectivity index (χ4v) is 1.90. The molecule has 2 aromatic rings. The Kier molecular flexibility index (Phi) is 4.70. The van der Waals surface area contributed by atoms with Crippen molar-refractivity contribution in [3.05, 3.63) is 54.1 Å². The number of aryl methyl sites for hydroxylation is 2. The Morgan fingerprint density at radius 2 is 1.78 bits per heavy atom. The maximum atomic E-state index is 5.61. The molecule has 0 saturated carbocycles. The quantitative estimate of drug-likeness (QED) is 0.781. The molecule has 0 aliphatic rings. The summed E-state index contributed by atoms with van der Waals surface area (Å²) in [5, 5.41) is 0. The van der Waals surface area contributed by atoms with E-state index in [4.69, 9.17) is 4.74 Å². The molecule has 0 saturated heterocycles. The summed E-state index contributed by atoms with van der Waals surface area (Å²) < 4.78 is 5.61. The lowest BCUT2D eigenvalue weighted by molar-refractivity contribution is 0.336. The third-order valence-electron chi connectivity index (χ3n) is 2.74. The molecule has 0 spiro atoms.